The van der Waals surface area contributed by atoms with Gasteiger partial charge in [-0.25, -0.2) is 4.99 Å². The lowest BCUT2D eigenvalue weighted by molar-refractivity contribution is 0.693. The lowest BCUT2D eigenvalue weighted by Crippen LogP contribution is -2.22. The number of aromatic amines is 1. The summed E-state index contributed by atoms with van der Waals surface area (Å²) in [6.07, 6.45) is 8.67. The highest BCUT2D eigenvalue weighted by atomic mass is 15.2. The molecule has 4 heteroatoms. The molecule has 1 heterocycles. The van der Waals surface area contributed by atoms with Crippen LogP contribution in [0.5, 0.6) is 0 Å². The fourth-order valence-electron chi connectivity index (χ4n) is 3.53. The van der Waals surface area contributed by atoms with Crippen molar-refractivity contribution in [3.63, 3.8) is 0 Å². The summed E-state index contributed by atoms with van der Waals surface area (Å²) in [7, 11) is 0. The fourth-order valence-corrected chi connectivity index (χ4v) is 3.53. The molecule has 2 N–H and O–H groups in total. The molecule has 2 aliphatic rings. The van der Waals surface area contributed by atoms with E-state index >= 15 is 0 Å². The van der Waals surface area contributed by atoms with Crippen LogP contribution in [0.4, 0.5) is 5.82 Å². The second-order valence-electron chi connectivity index (χ2n) is 6.64. The second kappa shape index (κ2) is 6.51. The highest BCUT2D eigenvalue weighted by Gasteiger charge is 2.20. The summed E-state index contributed by atoms with van der Waals surface area (Å²) in [6, 6.07) is 2.11. The molecule has 2 aliphatic carbocycles. The van der Waals surface area contributed by atoms with Crippen LogP contribution in [0.15, 0.2) is 34.5 Å². The van der Waals surface area contributed by atoms with Crippen molar-refractivity contribution < 1.29 is 0 Å². The zero-order valence-corrected chi connectivity index (χ0v) is 13.7. The monoisotopic (exact) mass is 298 g/mol. The number of nitrogens with one attached hydrogen (secondary N) is 2. The van der Waals surface area contributed by atoms with Crippen molar-refractivity contribution in [3.8, 4) is 0 Å². The number of amidine groups is 1. The summed E-state index contributed by atoms with van der Waals surface area (Å²) in [5.74, 6) is 2.34. The van der Waals surface area contributed by atoms with Gasteiger partial charge in [-0.2, -0.15) is 5.10 Å². The Morgan fingerprint density at radius 1 is 1.32 bits per heavy atom. The van der Waals surface area contributed by atoms with Crippen molar-refractivity contribution in [1.29, 1.82) is 0 Å². The third-order valence-corrected chi connectivity index (χ3v) is 4.72. The van der Waals surface area contributed by atoms with E-state index in [-0.39, 0.29) is 0 Å². The fraction of sp³-hybridized carbons (Fsp3) is 0.556. The molecular formula is C18H26N4. The van der Waals surface area contributed by atoms with E-state index in [0.29, 0.717) is 5.92 Å². The van der Waals surface area contributed by atoms with Gasteiger partial charge in [0, 0.05) is 23.4 Å². The molecule has 118 valence electrons. The van der Waals surface area contributed by atoms with Crippen LogP contribution < -0.4 is 5.32 Å². The number of rotatable bonds is 4. The van der Waals surface area contributed by atoms with Gasteiger partial charge in [-0.1, -0.05) is 25.0 Å². The van der Waals surface area contributed by atoms with E-state index in [2.05, 4.69) is 35.1 Å². The van der Waals surface area contributed by atoms with Crippen molar-refractivity contribution in [3.05, 3.63) is 35.2 Å². The van der Waals surface area contributed by atoms with Gasteiger partial charge in [0.25, 0.3) is 0 Å². The average Bonchev–Trinajstić information content (AvgIpc) is 3.17. The first-order chi connectivity index (χ1) is 10.6. The summed E-state index contributed by atoms with van der Waals surface area (Å²) >= 11 is 0. The molecule has 0 bridgehead atoms. The van der Waals surface area contributed by atoms with Crippen molar-refractivity contribution in [2.24, 2.45) is 4.99 Å². The number of hydrogen-bond acceptors (Lipinski definition) is 2. The molecule has 0 unspecified atom stereocenters. The molecule has 0 spiro atoms. The number of hydrogen-bond donors (Lipinski definition) is 2. The Labute approximate surface area is 132 Å². The van der Waals surface area contributed by atoms with E-state index < -0.39 is 0 Å². The summed E-state index contributed by atoms with van der Waals surface area (Å²) in [5.41, 5.74) is 4.91. The Morgan fingerprint density at radius 2 is 2.09 bits per heavy atom. The van der Waals surface area contributed by atoms with Crippen molar-refractivity contribution in [2.75, 3.05) is 0 Å². The molecule has 4 nitrogen and oxygen atoms in total. The standard InChI is InChI=1S/C18H26N4/c1-12(2)19-18(15-10-6-7-13(15)3)20-17-11-16(21-22-17)14-8-4-5-9-14/h11,14H,1,4-10H2,2-3H3,(H2,19,20,21,22). The number of aliphatic imine (C=N–C) groups is 1. The van der Waals surface area contributed by atoms with E-state index in [1.165, 1.54) is 55.4 Å². The summed E-state index contributed by atoms with van der Waals surface area (Å²) < 4.78 is 0. The summed E-state index contributed by atoms with van der Waals surface area (Å²) in [6.45, 7) is 8.13. The Hall–Kier alpha value is -1.84. The predicted octanol–water partition coefficient (Wildman–Crippen LogP) is 4.72. The van der Waals surface area contributed by atoms with Gasteiger partial charge in [-0.05, 0) is 51.5 Å². The minimum absolute atomic E-state index is 0.640. The zero-order chi connectivity index (χ0) is 15.5. The molecule has 0 aromatic carbocycles. The minimum Gasteiger partial charge on any atom is -0.344 e. The molecule has 1 aromatic heterocycles. The highest BCUT2D eigenvalue weighted by Crippen LogP contribution is 2.34. The van der Waals surface area contributed by atoms with Gasteiger partial charge in [-0.3, -0.25) is 5.10 Å². The largest absolute Gasteiger partial charge is 0.344 e. The molecule has 0 atom stereocenters. The maximum atomic E-state index is 4.77. The van der Waals surface area contributed by atoms with E-state index in [0.717, 1.165) is 23.8 Å². The first kappa shape index (κ1) is 15.1. The van der Waals surface area contributed by atoms with Crippen LogP contribution in [-0.4, -0.2) is 16.0 Å². The Bertz CT molecular complexity index is 615. The van der Waals surface area contributed by atoms with Gasteiger partial charge < -0.3 is 5.32 Å². The molecule has 0 aliphatic heterocycles. The Balaban J connectivity index is 1.85. The minimum atomic E-state index is 0.640. The van der Waals surface area contributed by atoms with Crippen LogP contribution in [0, 0.1) is 0 Å². The SMILES string of the molecule is C=C(C)NC(=Nc1cc(C2CCCC2)[nH]n1)C1=C(C)CCC1. The summed E-state index contributed by atoms with van der Waals surface area (Å²) in [4.78, 5) is 4.77. The van der Waals surface area contributed by atoms with Gasteiger partial charge in [-0.15, -0.1) is 0 Å². The van der Waals surface area contributed by atoms with Crippen LogP contribution >= 0.6 is 0 Å². The van der Waals surface area contributed by atoms with E-state index in [9.17, 15) is 0 Å². The van der Waals surface area contributed by atoms with Crippen LogP contribution in [0.2, 0.25) is 0 Å². The molecular weight excluding hydrogens is 272 g/mol. The second-order valence-corrected chi connectivity index (χ2v) is 6.64. The normalized spacial score (nSPS) is 20.0. The Morgan fingerprint density at radius 3 is 2.73 bits per heavy atom. The lowest BCUT2D eigenvalue weighted by Gasteiger charge is -2.11. The molecule has 22 heavy (non-hydrogen) atoms. The maximum Gasteiger partial charge on any atom is 0.175 e. The van der Waals surface area contributed by atoms with Crippen molar-refractivity contribution >= 4 is 11.7 Å². The van der Waals surface area contributed by atoms with Gasteiger partial charge in [0.05, 0.1) is 0 Å². The zero-order valence-electron chi connectivity index (χ0n) is 13.7. The predicted molar refractivity (Wildman–Crippen MR) is 91.4 cm³/mol. The first-order valence-electron chi connectivity index (χ1n) is 8.39. The molecule has 1 aromatic rings. The topological polar surface area (TPSA) is 53.1 Å². The average molecular weight is 298 g/mol. The number of nitrogens with zero attached hydrogens (tertiary/aromatic N) is 2. The quantitative estimate of drug-likeness (QED) is 0.624. The maximum absolute atomic E-state index is 4.77. The Kier molecular flexibility index (Phi) is 4.46. The van der Waals surface area contributed by atoms with Crippen LogP contribution in [0.3, 0.4) is 0 Å². The van der Waals surface area contributed by atoms with Crippen molar-refractivity contribution in [2.45, 2.75) is 64.7 Å². The lowest BCUT2D eigenvalue weighted by atomic mass is 10.0. The highest BCUT2D eigenvalue weighted by molar-refractivity contribution is 6.01. The molecule has 3 rings (SSSR count). The first-order valence-corrected chi connectivity index (χ1v) is 8.39. The number of allylic oxidation sites excluding steroid dienone is 2. The van der Waals surface area contributed by atoms with Gasteiger partial charge in [0.15, 0.2) is 5.82 Å². The smallest absolute Gasteiger partial charge is 0.175 e. The van der Waals surface area contributed by atoms with Crippen LogP contribution in [-0.2, 0) is 0 Å². The molecule has 1 saturated carbocycles. The van der Waals surface area contributed by atoms with E-state index in [4.69, 9.17) is 4.99 Å². The van der Waals surface area contributed by atoms with Gasteiger partial charge in [0.1, 0.15) is 5.84 Å². The van der Waals surface area contributed by atoms with Crippen LogP contribution in [0.1, 0.15) is 70.4 Å². The van der Waals surface area contributed by atoms with Crippen LogP contribution in [0.25, 0.3) is 0 Å². The molecule has 0 saturated heterocycles. The number of H-pyrrole nitrogens is 1. The molecule has 0 amide bonds. The van der Waals surface area contributed by atoms with E-state index in [1.807, 2.05) is 6.92 Å². The molecule has 1 fully saturated rings. The van der Waals surface area contributed by atoms with E-state index in [1.54, 1.807) is 0 Å². The molecule has 0 radical (unpaired) electrons. The van der Waals surface area contributed by atoms with Gasteiger partial charge >= 0.3 is 0 Å². The van der Waals surface area contributed by atoms with Crippen molar-refractivity contribution in [1.82, 2.24) is 15.5 Å². The third-order valence-electron chi connectivity index (χ3n) is 4.72. The summed E-state index contributed by atoms with van der Waals surface area (Å²) in [5, 5.41) is 10.9. The van der Waals surface area contributed by atoms with Gasteiger partial charge in [0.2, 0.25) is 0 Å². The number of aromatic nitrogens is 2. The third kappa shape index (κ3) is 3.32.